The average Bonchev–Trinajstić information content (AvgIpc) is 2.30. The zero-order valence-electron chi connectivity index (χ0n) is 10.1. The highest BCUT2D eigenvalue weighted by Crippen LogP contribution is 2.29. The summed E-state index contributed by atoms with van der Waals surface area (Å²) in [5, 5.41) is 3.05. The minimum atomic E-state index is -0.174. The molecule has 0 atom stereocenters. The molecule has 94 valence electrons. The second-order valence-corrected chi connectivity index (χ2v) is 4.84. The van der Waals surface area contributed by atoms with Gasteiger partial charge in [-0.05, 0) is 19.3 Å². The molecule has 0 aromatic rings. The molecule has 0 saturated heterocycles. The number of alkyl halides is 1. The Morgan fingerprint density at radius 3 is 2.62 bits per heavy atom. The number of rotatable bonds is 6. The van der Waals surface area contributed by atoms with Gasteiger partial charge in [-0.3, -0.25) is 4.79 Å². The zero-order valence-corrected chi connectivity index (χ0v) is 10.8. The van der Waals surface area contributed by atoms with Crippen LogP contribution in [0.5, 0.6) is 0 Å². The smallest absolute Gasteiger partial charge is 0.246 e. The average molecular weight is 248 g/mol. The summed E-state index contributed by atoms with van der Waals surface area (Å²) in [7, 11) is 0. The second-order valence-electron chi connectivity index (χ2n) is 4.58. The van der Waals surface area contributed by atoms with Gasteiger partial charge in [-0.1, -0.05) is 26.2 Å². The fourth-order valence-electron chi connectivity index (χ4n) is 2.16. The van der Waals surface area contributed by atoms with Crippen LogP contribution in [0.2, 0.25) is 0 Å². The van der Waals surface area contributed by atoms with Crippen molar-refractivity contribution in [3.63, 3.8) is 0 Å². The van der Waals surface area contributed by atoms with E-state index in [1.807, 2.05) is 6.92 Å². The lowest BCUT2D eigenvalue weighted by Crippen LogP contribution is -2.52. The van der Waals surface area contributed by atoms with Gasteiger partial charge in [0.25, 0.3) is 0 Å². The van der Waals surface area contributed by atoms with E-state index in [0.29, 0.717) is 12.5 Å². The molecule has 0 unspecified atom stereocenters. The van der Waals surface area contributed by atoms with Crippen molar-refractivity contribution in [2.75, 3.05) is 19.1 Å². The van der Waals surface area contributed by atoms with E-state index in [0.717, 1.165) is 32.1 Å². The summed E-state index contributed by atoms with van der Waals surface area (Å²) in [6.07, 6.45) is 6.49. The summed E-state index contributed by atoms with van der Waals surface area (Å²) in [5.74, 6) is 0.475. The van der Waals surface area contributed by atoms with Crippen LogP contribution in [-0.2, 0) is 9.53 Å². The Balaban J connectivity index is 2.33. The Bertz CT molecular complexity index is 215. The fraction of sp³-hybridized carbons (Fsp3) is 0.917. The predicted molar refractivity (Wildman–Crippen MR) is 65.8 cm³/mol. The quantitative estimate of drug-likeness (QED) is 0.579. The Morgan fingerprint density at radius 2 is 2.06 bits per heavy atom. The van der Waals surface area contributed by atoms with Gasteiger partial charge in [-0.15, -0.1) is 11.6 Å². The minimum absolute atomic E-state index is 0.0315. The van der Waals surface area contributed by atoms with Crippen LogP contribution in [0.15, 0.2) is 0 Å². The summed E-state index contributed by atoms with van der Waals surface area (Å²) in [6, 6.07) is 0. The van der Waals surface area contributed by atoms with E-state index in [1.165, 1.54) is 6.42 Å². The number of carbonyl (C=O) groups is 1. The number of hydrogen-bond acceptors (Lipinski definition) is 2. The number of hydrogen-bond donors (Lipinski definition) is 1. The molecule has 1 fully saturated rings. The first kappa shape index (κ1) is 13.8. The number of nitrogens with one attached hydrogen (secondary N) is 1. The molecule has 1 amide bonds. The summed E-state index contributed by atoms with van der Waals surface area (Å²) in [5.41, 5.74) is -0.174. The predicted octanol–water partition coefficient (Wildman–Crippen LogP) is 2.47. The van der Waals surface area contributed by atoms with Gasteiger partial charge in [-0.25, -0.2) is 0 Å². The maximum Gasteiger partial charge on any atom is 0.246 e. The molecule has 0 bridgehead atoms. The van der Waals surface area contributed by atoms with E-state index in [2.05, 4.69) is 5.32 Å². The Kier molecular flexibility index (Phi) is 6.14. The van der Waals surface area contributed by atoms with Gasteiger partial charge >= 0.3 is 0 Å². The molecule has 0 aromatic heterocycles. The van der Waals surface area contributed by atoms with Gasteiger partial charge in [-0.2, -0.15) is 0 Å². The van der Waals surface area contributed by atoms with Gasteiger partial charge < -0.3 is 10.1 Å². The number of ether oxygens (including phenoxy) is 1. The molecule has 1 rings (SSSR count). The molecular weight excluding hydrogens is 226 g/mol. The third-order valence-electron chi connectivity index (χ3n) is 3.05. The van der Waals surface area contributed by atoms with Gasteiger partial charge in [0.2, 0.25) is 5.91 Å². The van der Waals surface area contributed by atoms with Crippen LogP contribution in [-0.4, -0.2) is 30.5 Å². The lowest BCUT2D eigenvalue weighted by molar-refractivity contribution is -0.127. The molecular formula is C12H22ClNO2. The normalized spacial score (nSPS) is 19.4. The molecule has 4 heteroatoms. The topological polar surface area (TPSA) is 38.3 Å². The van der Waals surface area contributed by atoms with E-state index in [1.54, 1.807) is 0 Å². The summed E-state index contributed by atoms with van der Waals surface area (Å²) in [6.45, 7) is 2.83. The van der Waals surface area contributed by atoms with E-state index in [9.17, 15) is 4.79 Å². The Morgan fingerprint density at radius 1 is 1.38 bits per heavy atom. The highest BCUT2D eigenvalue weighted by Gasteiger charge is 2.32. The number of amides is 1. The van der Waals surface area contributed by atoms with Gasteiger partial charge in [0.1, 0.15) is 6.61 Å². The van der Waals surface area contributed by atoms with Crippen molar-refractivity contribution in [1.29, 1.82) is 0 Å². The van der Waals surface area contributed by atoms with E-state index in [-0.39, 0.29) is 18.1 Å². The highest BCUT2D eigenvalue weighted by molar-refractivity contribution is 6.18. The first-order valence-corrected chi connectivity index (χ1v) is 6.70. The van der Waals surface area contributed by atoms with Crippen LogP contribution < -0.4 is 5.32 Å². The van der Waals surface area contributed by atoms with Crippen LogP contribution in [0, 0.1) is 0 Å². The largest absolute Gasteiger partial charge is 0.372 e. The SMILES string of the molecule is CCCOCC(=O)NC1(CCl)CCCCC1. The molecule has 1 aliphatic rings. The van der Waals surface area contributed by atoms with Crippen LogP contribution in [0.4, 0.5) is 0 Å². The molecule has 0 heterocycles. The molecule has 1 saturated carbocycles. The van der Waals surface area contributed by atoms with Gasteiger partial charge in [0.05, 0.1) is 5.54 Å². The minimum Gasteiger partial charge on any atom is -0.372 e. The standard InChI is InChI=1S/C12H22ClNO2/c1-2-8-16-9-11(15)14-12(10-13)6-4-3-5-7-12/h2-10H2,1H3,(H,14,15). The lowest BCUT2D eigenvalue weighted by atomic mass is 9.83. The Hall–Kier alpha value is -0.280. The van der Waals surface area contributed by atoms with Crippen molar-refractivity contribution in [2.24, 2.45) is 0 Å². The summed E-state index contributed by atoms with van der Waals surface area (Å²) in [4.78, 5) is 11.7. The summed E-state index contributed by atoms with van der Waals surface area (Å²) >= 11 is 5.99. The molecule has 0 spiro atoms. The van der Waals surface area contributed by atoms with Gasteiger partial charge in [0, 0.05) is 12.5 Å². The van der Waals surface area contributed by atoms with Crippen molar-refractivity contribution in [1.82, 2.24) is 5.32 Å². The molecule has 0 radical (unpaired) electrons. The molecule has 0 aromatic carbocycles. The zero-order chi connectivity index (χ0) is 11.9. The molecule has 3 nitrogen and oxygen atoms in total. The lowest BCUT2D eigenvalue weighted by Gasteiger charge is -2.36. The summed E-state index contributed by atoms with van der Waals surface area (Å²) < 4.78 is 5.22. The van der Waals surface area contributed by atoms with E-state index in [4.69, 9.17) is 16.3 Å². The third kappa shape index (κ3) is 4.30. The van der Waals surface area contributed by atoms with Crippen LogP contribution in [0.25, 0.3) is 0 Å². The number of carbonyl (C=O) groups excluding carboxylic acids is 1. The van der Waals surface area contributed by atoms with Gasteiger partial charge in [0.15, 0.2) is 0 Å². The molecule has 1 N–H and O–H groups in total. The van der Waals surface area contributed by atoms with E-state index >= 15 is 0 Å². The van der Waals surface area contributed by atoms with Crippen molar-refractivity contribution in [2.45, 2.75) is 51.0 Å². The van der Waals surface area contributed by atoms with Crippen molar-refractivity contribution in [3.05, 3.63) is 0 Å². The molecule has 0 aliphatic heterocycles. The molecule has 1 aliphatic carbocycles. The number of halogens is 1. The molecule has 16 heavy (non-hydrogen) atoms. The van der Waals surface area contributed by atoms with Crippen LogP contribution >= 0.6 is 11.6 Å². The van der Waals surface area contributed by atoms with E-state index < -0.39 is 0 Å². The monoisotopic (exact) mass is 247 g/mol. The second kappa shape index (κ2) is 7.13. The third-order valence-corrected chi connectivity index (χ3v) is 3.56. The fourth-order valence-corrected chi connectivity index (χ4v) is 2.50. The van der Waals surface area contributed by atoms with Crippen molar-refractivity contribution in [3.8, 4) is 0 Å². The highest BCUT2D eigenvalue weighted by atomic mass is 35.5. The first-order chi connectivity index (χ1) is 7.72. The van der Waals surface area contributed by atoms with Crippen LogP contribution in [0.3, 0.4) is 0 Å². The Labute approximate surface area is 103 Å². The van der Waals surface area contributed by atoms with Crippen molar-refractivity contribution >= 4 is 17.5 Å². The van der Waals surface area contributed by atoms with Crippen molar-refractivity contribution < 1.29 is 9.53 Å². The first-order valence-electron chi connectivity index (χ1n) is 6.17. The maximum atomic E-state index is 11.7. The maximum absolute atomic E-state index is 11.7. The van der Waals surface area contributed by atoms with Crippen LogP contribution in [0.1, 0.15) is 45.4 Å².